The van der Waals surface area contributed by atoms with Crippen molar-refractivity contribution >= 4 is 21.6 Å². The molecule has 0 radical (unpaired) electrons. The predicted molar refractivity (Wildman–Crippen MR) is 119 cm³/mol. The first-order valence-corrected chi connectivity index (χ1v) is 11.0. The Morgan fingerprint density at radius 3 is 2.42 bits per heavy atom. The number of rotatable bonds is 8. The quantitative estimate of drug-likeness (QED) is 0.557. The maximum absolute atomic E-state index is 12.7. The van der Waals surface area contributed by atoms with Crippen molar-refractivity contribution in [2.45, 2.75) is 18.4 Å². The summed E-state index contributed by atoms with van der Waals surface area (Å²) in [4.78, 5) is 12.6. The molecular formula is C23H24N2O5S. The van der Waals surface area contributed by atoms with E-state index in [0.717, 1.165) is 11.1 Å². The van der Waals surface area contributed by atoms with E-state index in [0.29, 0.717) is 17.2 Å². The van der Waals surface area contributed by atoms with E-state index in [4.69, 9.17) is 9.47 Å². The summed E-state index contributed by atoms with van der Waals surface area (Å²) in [6.07, 6.45) is 0. The van der Waals surface area contributed by atoms with Crippen LogP contribution in [0.15, 0.2) is 71.6 Å². The molecule has 0 fully saturated rings. The third kappa shape index (κ3) is 5.55. The van der Waals surface area contributed by atoms with E-state index in [-0.39, 0.29) is 17.0 Å². The van der Waals surface area contributed by atoms with Gasteiger partial charge in [-0.1, -0.05) is 18.2 Å². The fourth-order valence-corrected chi connectivity index (χ4v) is 4.10. The lowest BCUT2D eigenvalue weighted by molar-refractivity contribution is 0.0950. The number of nitrogens with one attached hydrogen (secondary N) is 2. The van der Waals surface area contributed by atoms with Crippen molar-refractivity contribution in [1.29, 1.82) is 0 Å². The van der Waals surface area contributed by atoms with Crippen LogP contribution in [0, 0.1) is 6.92 Å². The van der Waals surface area contributed by atoms with E-state index in [1.807, 2.05) is 13.0 Å². The Kier molecular flexibility index (Phi) is 6.81. The van der Waals surface area contributed by atoms with Gasteiger partial charge in [0.1, 0.15) is 11.5 Å². The Morgan fingerprint density at radius 2 is 1.71 bits per heavy atom. The van der Waals surface area contributed by atoms with Crippen LogP contribution in [-0.4, -0.2) is 28.5 Å². The second-order valence-electron chi connectivity index (χ2n) is 6.86. The van der Waals surface area contributed by atoms with Gasteiger partial charge in [0.2, 0.25) is 0 Å². The molecule has 0 heterocycles. The lowest BCUT2D eigenvalue weighted by Gasteiger charge is -2.12. The van der Waals surface area contributed by atoms with Gasteiger partial charge in [-0.3, -0.25) is 9.52 Å². The first kappa shape index (κ1) is 22.2. The van der Waals surface area contributed by atoms with E-state index in [1.54, 1.807) is 49.6 Å². The average molecular weight is 441 g/mol. The normalized spacial score (nSPS) is 10.9. The Labute approximate surface area is 182 Å². The maximum Gasteiger partial charge on any atom is 0.261 e. The van der Waals surface area contributed by atoms with Gasteiger partial charge in [-0.2, -0.15) is 0 Å². The third-order valence-electron chi connectivity index (χ3n) is 4.61. The summed E-state index contributed by atoms with van der Waals surface area (Å²) < 4.78 is 38.5. The summed E-state index contributed by atoms with van der Waals surface area (Å²) in [7, 11) is -0.738. The van der Waals surface area contributed by atoms with Crippen LogP contribution in [0.2, 0.25) is 0 Å². The van der Waals surface area contributed by atoms with Crippen LogP contribution in [-0.2, 0) is 16.6 Å². The van der Waals surface area contributed by atoms with Crippen LogP contribution in [0.1, 0.15) is 21.5 Å². The van der Waals surface area contributed by atoms with Crippen LogP contribution in [0.4, 0.5) is 5.69 Å². The molecule has 31 heavy (non-hydrogen) atoms. The highest BCUT2D eigenvalue weighted by atomic mass is 32.2. The van der Waals surface area contributed by atoms with Crippen LogP contribution in [0.5, 0.6) is 11.5 Å². The zero-order valence-electron chi connectivity index (χ0n) is 17.5. The van der Waals surface area contributed by atoms with Gasteiger partial charge in [-0.05, 0) is 55.0 Å². The molecule has 0 aliphatic carbocycles. The molecule has 7 nitrogen and oxygen atoms in total. The topological polar surface area (TPSA) is 93.7 Å². The summed E-state index contributed by atoms with van der Waals surface area (Å²) in [5.41, 5.74) is 2.39. The molecular weight excluding hydrogens is 416 g/mol. The molecule has 0 aliphatic heterocycles. The number of hydrogen-bond acceptors (Lipinski definition) is 5. The fourth-order valence-electron chi connectivity index (χ4n) is 3.00. The summed E-state index contributed by atoms with van der Waals surface area (Å²) in [5, 5.41) is 2.79. The van der Waals surface area contributed by atoms with Gasteiger partial charge in [0.25, 0.3) is 15.9 Å². The van der Waals surface area contributed by atoms with Crippen molar-refractivity contribution in [1.82, 2.24) is 5.32 Å². The van der Waals surface area contributed by atoms with Crippen molar-refractivity contribution in [3.63, 3.8) is 0 Å². The highest BCUT2D eigenvalue weighted by Gasteiger charge is 2.17. The molecule has 3 aromatic rings. The molecule has 0 saturated heterocycles. The minimum absolute atomic E-state index is 0.00341. The minimum atomic E-state index is -3.84. The van der Waals surface area contributed by atoms with Crippen LogP contribution < -0.4 is 19.5 Å². The third-order valence-corrected chi connectivity index (χ3v) is 5.99. The van der Waals surface area contributed by atoms with Crippen molar-refractivity contribution in [3.05, 3.63) is 83.4 Å². The van der Waals surface area contributed by atoms with Gasteiger partial charge in [0.05, 0.1) is 19.1 Å². The van der Waals surface area contributed by atoms with Gasteiger partial charge in [0.15, 0.2) is 0 Å². The first-order valence-electron chi connectivity index (χ1n) is 9.51. The van der Waals surface area contributed by atoms with E-state index in [2.05, 4.69) is 10.0 Å². The zero-order valence-corrected chi connectivity index (χ0v) is 18.3. The fraction of sp³-hybridized carbons (Fsp3) is 0.174. The minimum Gasteiger partial charge on any atom is -0.497 e. The van der Waals surface area contributed by atoms with Gasteiger partial charge in [0, 0.05) is 29.4 Å². The number of aryl methyl sites for hydroxylation is 1. The Morgan fingerprint density at radius 1 is 0.935 bits per heavy atom. The first-order chi connectivity index (χ1) is 14.8. The predicted octanol–water partition coefficient (Wildman–Crippen LogP) is 3.74. The van der Waals surface area contributed by atoms with Crippen molar-refractivity contribution in [2.24, 2.45) is 0 Å². The van der Waals surface area contributed by atoms with E-state index >= 15 is 0 Å². The monoisotopic (exact) mass is 440 g/mol. The largest absolute Gasteiger partial charge is 0.497 e. The maximum atomic E-state index is 12.7. The molecule has 2 N–H and O–H groups in total. The number of hydrogen-bond donors (Lipinski definition) is 2. The number of anilines is 1. The lowest BCUT2D eigenvalue weighted by Crippen LogP contribution is -2.23. The highest BCUT2D eigenvalue weighted by Crippen LogP contribution is 2.24. The van der Waals surface area contributed by atoms with Gasteiger partial charge in [-0.25, -0.2) is 8.42 Å². The van der Waals surface area contributed by atoms with Crippen LogP contribution in [0.3, 0.4) is 0 Å². The summed E-state index contributed by atoms with van der Waals surface area (Å²) in [5.74, 6) is 0.828. The van der Waals surface area contributed by atoms with Gasteiger partial charge in [-0.15, -0.1) is 0 Å². The van der Waals surface area contributed by atoms with E-state index in [1.165, 1.54) is 25.3 Å². The summed E-state index contributed by atoms with van der Waals surface area (Å²) in [6, 6.07) is 18.2. The van der Waals surface area contributed by atoms with Crippen molar-refractivity contribution in [3.8, 4) is 11.5 Å². The number of amides is 1. The van der Waals surface area contributed by atoms with Gasteiger partial charge >= 0.3 is 0 Å². The molecule has 0 aliphatic rings. The Balaban J connectivity index is 1.74. The molecule has 0 saturated carbocycles. The standard InChI is InChI=1S/C23H24N2O5S/c1-16-6-4-8-19(12-16)25-31(27,28)21-9-5-7-17(13-21)23(26)24-15-18-10-11-20(29-2)14-22(18)30-3/h4-14,25H,15H2,1-3H3,(H,24,26). The molecule has 0 unspecified atom stereocenters. The number of carbonyl (C=O) groups excluding carboxylic acids is 1. The van der Waals surface area contributed by atoms with E-state index < -0.39 is 15.9 Å². The Hall–Kier alpha value is -3.52. The van der Waals surface area contributed by atoms with E-state index in [9.17, 15) is 13.2 Å². The Bertz CT molecular complexity index is 1190. The summed E-state index contributed by atoms with van der Waals surface area (Å²) in [6.45, 7) is 2.09. The number of sulfonamides is 1. The second-order valence-corrected chi connectivity index (χ2v) is 8.55. The second kappa shape index (κ2) is 9.53. The average Bonchev–Trinajstić information content (AvgIpc) is 2.77. The number of carbonyl (C=O) groups is 1. The summed E-state index contributed by atoms with van der Waals surface area (Å²) >= 11 is 0. The molecule has 0 bridgehead atoms. The molecule has 0 spiro atoms. The number of benzene rings is 3. The van der Waals surface area contributed by atoms with Crippen molar-refractivity contribution < 1.29 is 22.7 Å². The lowest BCUT2D eigenvalue weighted by atomic mass is 10.1. The van der Waals surface area contributed by atoms with Crippen LogP contribution >= 0.6 is 0 Å². The molecule has 3 rings (SSSR count). The zero-order chi connectivity index (χ0) is 22.4. The van der Waals surface area contributed by atoms with Crippen molar-refractivity contribution in [2.75, 3.05) is 18.9 Å². The van der Waals surface area contributed by atoms with Gasteiger partial charge < -0.3 is 14.8 Å². The van der Waals surface area contributed by atoms with Crippen LogP contribution in [0.25, 0.3) is 0 Å². The highest BCUT2D eigenvalue weighted by molar-refractivity contribution is 7.92. The molecule has 3 aromatic carbocycles. The molecule has 0 aromatic heterocycles. The number of ether oxygens (including phenoxy) is 2. The molecule has 1 amide bonds. The molecule has 162 valence electrons. The molecule has 0 atom stereocenters. The smallest absolute Gasteiger partial charge is 0.261 e. The SMILES string of the molecule is COc1ccc(CNC(=O)c2cccc(S(=O)(=O)Nc3cccc(C)c3)c2)c(OC)c1. The number of methoxy groups -OCH3 is 2. The molecule has 8 heteroatoms.